The van der Waals surface area contributed by atoms with Gasteiger partial charge in [-0.15, -0.1) is 0 Å². The van der Waals surface area contributed by atoms with Crippen LogP contribution in [0.15, 0.2) is 0 Å². The molecule has 1 rings (SSSR count). The summed E-state index contributed by atoms with van der Waals surface area (Å²) in [5.74, 6) is 0.129. The molecule has 0 spiro atoms. The maximum Gasteiger partial charge on any atom is 0.320 e. The molecule has 1 saturated heterocycles. The van der Waals surface area contributed by atoms with Gasteiger partial charge < -0.3 is 4.74 Å². The Morgan fingerprint density at radius 2 is 2.20 bits per heavy atom. The lowest BCUT2D eigenvalue weighted by Gasteiger charge is -2.34. The highest BCUT2D eigenvalue weighted by atomic mass is 16.5. The Kier molecular flexibility index (Phi) is 4.27. The molecule has 0 aromatic rings. The molecule has 0 N–H and O–H groups in total. The minimum Gasteiger partial charge on any atom is -0.465 e. The molecule has 0 amide bonds. The summed E-state index contributed by atoms with van der Waals surface area (Å²) >= 11 is 0. The second kappa shape index (κ2) is 5.26. The van der Waals surface area contributed by atoms with Gasteiger partial charge in [-0.3, -0.25) is 14.5 Å². The number of hydrogen-bond acceptors (Lipinski definition) is 4. The lowest BCUT2D eigenvalue weighted by Crippen LogP contribution is -2.47. The van der Waals surface area contributed by atoms with Crippen LogP contribution in [0.2, 0.25) is 0 Å². The fourth-order valence-corrected chi connectivity index (χ4v) is 1.85. The quantitative estimate of drug-likeness (QED) is 0.652. The van der Waals surface area contributed by atoms with Crippen LogP contribution < -0.4 is 0 Å². The van der Waals surface area contributed by atoms with Crippen LogP contribution in [0.4, 0.5) is 0 Å². The number of carbonyl (C=O) groups is 2. The Morgan fingerprint density at radius 3 is 2.80 bits per heavy atom. The van der Waals surface area contributed by atoms with Crippen LogP contribution in [-0.2, 0) is 14.3 Å². The molecule has 1 heterocycles. The summed E-state index contributed by atoms with van der Waals surface area (Å²) in [6, 6.07) is 0.151. The van der Waals surface area contributed by atoms with Gasteiger partial charge in [-0.05, 0) is 13.8 Å². The van der Waals surface area contributed by atoms with Crippen molar-refractivity contribution in [2.24, 2.45) is 5.92 Å². The predicted octanol–water partition coefficient (Wildman–Crippen LogP) is 0.849. The van der Waals surface area contributed by atoms with E-state index in [1.807, 2.05) is 18.7 Å². The second-order valence-electron chi connectivity index (χ2n) is 4.15. The summed E-state index contributed by atoms with van der Waals surface area (Å²) in [5, 5.41) is 0. The lowest BCUT2D eigenvalue weighted by molar-refractivity contribution is -0.147. The van der Waals surface area contributed by atoms with Gasteiger partial charge in [0.25, 0.3) is 0 Å². The number of esters is 1. The molecule has 15 heavy (non-hydrogen) atoms. The predicted molar refractivity (Wildman–Crippen MR) is 56.5 cm³/mol. The van der Waals surface area contributed by atoms with Crippen molar-refractivity contribution < 1.29 is 14.3 Å². The van der Waals surface area contributed by atoms with E-state index in [9.17, 15) is 9.59 Å². The van der Waals surface area contributed by atoms with E-state index >= 15 is 0 Å². The first-order valence-corrected chi connectivity index (χ1v) is 5.47. The number of piperidine rings is 1. The third-order valence-corrected chi connectivity index (χ3v) is 2.82. The minimum absolute atomic E-state index is 0.0376. The van der Waals surface area contributed by atoms with Crippen LogP contribution in [0, 0.1) is 5.92 Å². The number of carbonyl (C=O) groups excluding carboxylic acids is 2. The van der Waals surface area contributed by atoms with Crippen LogP contribution in [0.5, 0.6) is 0 Å². The number of Topliss-reactive ketones (excluding diaryl/α,β-unsaturated/α-hetero) is 1. The first-order chi connectivity index (χ1) is 7.04. The molecular formula is C11H19NO3. The van der Waals surface area contributed by atoms with Crippen molar-refractivity contribution in [3.8, 4) is 0 Å². The largest absolute Gasteiger partial charge is 0.465 e. The van der Waals surface area contributed by atoms with Crippen molar-refractivity contribution in [1.29, 1.82) is 0 Å². The Hall–Kier alpha value is -0.900. The van der Waals surface area contributed by atoms with E-state index in [0.717, 1.165) is 0 Å². The van der Waals surface area contributed by atoms with E-state index in [4.69, 9.17) is 4.74 Å². The summed E-state index contributed by atoms with van der Waals surface area (Å²) in [6.07, 6.45) is 0.542. The standard InChI is InChI=1S/C11H19NO3/c1-4-15-11(14)7-12-6-8(2)10(13)5-9(12)3/h8-9H,4-7H2,1-3H3. The molecule has 0 radical (unpaired) electrons. The monoisotopic (exact) mass is 213 g/mol. The van der Waals surface area contributed by atoms with Crippen molar-refractivity contribution >= 4 is 11.8 Å². The summed E-state index contributed by atoms with van der Waals surface area (Å²) in [6.45, 7) is 7.06. The maximum atomic E-state index is 11.4. The molecule has 2 atom stereocenters. The first kappa shape index (κ1) is 12.2. The Morgan fingerprint density at radius 1 is 1.53 bits per heavy atom. The number of ketones is 1. The summed E-state index contributed by atoms with van der Waals surface area (Å²) in [5.41, 5.74) is 0. The molecule has 0 saturated carbocycles. The average Bonchev–Trinajstić information content (AvgIpc) is 2.14. The van der Waals surface area contributed by atoms with Crippen molar-refractivity contribution in [2.75, 3.05) is 19.7 Å². The molecular weight excluding hydrogens is 194 g/mol. The van der Waals surface area contributed by atoms with Crippen molar-refractivity contribution in [3.63, 3.8) is 0 Å². The van der Waals surface area contributed by atoms with Gasteiger partial charge in [0.1, 0.15) is 5.78 Å². The number of likely N-dealkylation sites (tertiary alicyclic amines) is 1. The Balaban J connectivity index is 2.47. The molecule has 0 aliphatic carbocycles. The molecule has 0 aromatic heterocycles. The van der Waals surface area contributed by atoms with Gasteiger partial charge in [0.05, 0.1) is 13.2 Å². The zero-order chi connectivity index (χ0) is 11.4. The highest BCUT2D eigenvalue weighted by Gasteiger charge is 2.30. The van der Waals surface area contributed by atoms with E-state index < -0.39 is 0 Å². The lowest BCUT2D eigenvalue weighted by atomic mass is 9.94. The third-order valence-electron chi connectivity index (χ3n) is 2.82. The zero-order valence-electron chi connectivity index (χ0n) is 9.66. The fraction of sp³-hybridized carbons (Fsp3) is 0.818. The van der Waals surface area contributed by atoms with Crippen molar-refractivity contribution in [2.45, 2.75) is 33.2 Å². The number of nitrogens with zero attached hydrogens (tertiary/aromatic N) is 1. The van der Waals surface area contributed by atoms with Gasteiger partial charge in [-0.25, -0.2) is 0 Å². The molecule has 86 valence electrons. The summed E-state index contributed by atoms with van der Waals surface area (Å²) in [7, 11) is 0. The molecule has 1 fully saturated rings. The fourth-order valence-electron chi connectivity index (χ4n) is 1.85. The van der Waals surface area contributed by atoms with Crippen LogP contribution in [-0.4, -0.2) is 42.4 Å². The molecule has 1 aliphatic heterocycles. The first-order valence-electron chi connectivity index (χ1n) is 5.47. The number of ether oxygens (including phenoxy) is 1. The highest BCUT2D eigenvalue weighted by molar-refractivity contribution is 5.82. The van der Waals surface area contributed by atoms with Gasteiger partial charge in [-0.1, -0.05) is 6.92 Å². The summed E-state index contributed by atoms with van der Waals surface area (Å²) < 4.78 is 4.89. The molecule has 0 aromatic carbocycles. The zero-order valence-corrected chi connectivity index (χ0v) is 9.66. The minimum atomic E-state index is -0.203. The van der Waals surface area contributed by atoms with E-state index in [0.29, 0.717) is 31.9 Å². The Bertz CT molecular complexity index is 252. The van der Waals surface area contributed by atoms with Gasteiger partial charge in [0, 0.05) is 24.9 Å². The smallest absolute Gasteiger partial charge is 0.320 e. The van der Waals surface area contributed by atoms with Gasteiger partial charge >= 0.3 is 5.97 Å². The average molecular weight is 213 g/mol. The SMILES string of the molecule is CCOC(=O)CN1CC(C)C(=O)CC1C. The Labute approximate surface area is 90.6 Å². The van der Waals surface area contributed by atoms with Crippen LogP contribution in [0.25, 0.3) is 0 Å². The van der Waals surface area contributed by atoms with Gasteiger partial charge in [0.15, 0.2) is 0 Å². The second-order valence-corrected chi connectivity index (χ2v) is 4.15. The molecule has 2 unspecified atom stereocenters. The van der Waals surface area contributed by atoms with E-state index in [1.54, 1.807) is 6.92 Å². The topological polar surface area (TPSA) is 46.6 Å². The van der Waals surface area contributed by atoms with Crippen molar-refractivity contribution in [1.82, 2.24) is 4.90 Å². The molecule has 0 bridgehead atoms. The third kappa shape index (κ3) is 3.30. The number of rotatable bonds is 3. The van der Waals surface area contributed by atoms with Gasteiger partial charge in [0.2, 0.25) is 0 Å². The normalized spacial score (nSPS) is 27.8. The molecule has 4 nitrogen and oxygen atoms in total. The molecule has 1 aliphatic rings. The highest BCUT2D eigenvalue weighted by Crippen LogP contribution is 2.18. The van der Waals surface area contributed by atoms with Crippen LogP contribution in [0.1, 0.15) is 27.2 Å². The van der Waals surface area contributed by atoms with E-state index in [2.05, 4.69) is 0 Å². The van der Waals surface area contributed by atoms with E-state index in [1.165, 1.54) is 0 Å². The summed E-state index contributed by atoms with van der Waals surface area (Å²) in [4.78, 5) is 24.7. The number of hydrogen-bond donors (Lipinski definition) is 0. The maximum absolute atomic E-state index is 11.4. The van der Waals surface area contributed by atoms with Gasteiger partial charge in [-0.2, -0.15) is 0 Å². The van der Waals surface area contributed by atoms with Crippen LogP contribution in [0.3, 0.4) is 0 Å². The van der Waals surface area contributed by atoms with Crippen molar-refractivity contribution in [3.05, 3.63) is 0 Å². The van der Waals surface area contributed by atoms with Crippen LogP contribution >= 0.6 is 0 Å². The van der Waals surface area contributed by atoms with E-state index in [-0.39, 0.29) is 17.9 Å². The molecule has 4 heteroatoms.